The van der Waals surface area contributed by atoms with Gasteiger partial charge in [-0.1, -0.05) is 100 Å². The largest absolute Gasteiger partial charge is 0.370 e. The molecule has 2 aromatic heterocycles. The fourth-order valence-corrected chi connectivity index (χ4v) is 10.5. The van der Waals surface area contributed by atoms with Gasteiger partial charge in [-0.2, -0.15) is 0 Å². The first-order valence-electron chi connectivity index (χ1n) is 24.7. The summed E-state index contributed by atoms with van der Waals surface area (Å²) in [5.74, 6) is -6.16. The van der Waals surface area contributed by atoms with Crippen LogP contribution in [0.4, 0.5) is 0 Å². The van der Waals surface area contributed by atoms with Gasteiger partial charge in [-0.25, -0.2) is 4.98 Å². The van der Waals surface area contributed by atoms with Gasteiger partial charge in [0.15, 0.2) is 5.96 Å². The molecule has 23 nitrogen and oxygen atoms in total. The Morgan fingerprint density at radius 2 is 1.33 bits per heavy atom. The van der Waals surface area contributed by atoms with Gasteiger partial charge in [-0.15, -0.1) is 0 Å². The van der Waals surface area contributed by atoms with E-state index < -0.39 is 89.6 Å². The topological polar surface area (TPSA) is 379 Å². The number of nitrogens with two attached hydrogens (primary N) is 3. The number of nitrogens with zero attached hydrogens (tertiary/aromatic N) is 1. The van der Waals surface area contributed by atoms with Crippen LogP contribution in [0.1, 0.15) is 48.1 Å². The van der Waals surface area contributed by atoms with Crippen LogP contribution in [-0.4, -0.2) is 135 Å². The number of guanidine groups is 1. The highest BCUT2D eigenvalue weighted by molar-refractivity contribution is 8.76. The van der Waals surface area contributed by atoms with Gasteiger partial charge in [0.25, 0.3) is 0 Å². The summed E-state index contributed by atoms with van der Waals surface area (Å²) in [6.45, 7) is 0.153. The number of benzene rings is 3. The van der Waals surface area contributed by atoms with Crippen molar-refractivity contribution in [3.05, 3.63) is 126 Å². The summed E-state index contributed by atoms with van der Waals surface area (Å²) in [6.07, 6.45) is 4.81. The van der Waals surface area contributed by atoms with Crippen LogP contribution in [0.5, 0.6) is 0 Å². The Balaban J connectivity index is 1.33. The molecule has 404 valence electrons. The van der Waals surface area contributed by atoms with Gasteiger partial charge < -0.3 is 69.7 Å². The zero-order valence-electron chi connectivity index (χ0n) is 41.6. The number of nitrogens with one attached hydrogen (secondary N) is 11. The number of para-hydroxylation sites is 1. The minimum atomic E-state index is -1.40. The average molecular weight is 1080 g/mol. The number of aromatic nitrogens is 3. The maximum Gasteiger partial charge on any atom is 0.244 e. The van der Waals surface area contributed by atoms with Crippen molar-refractivity contribution in [3.8, 4) is 0 Å². The van der Waals surface area contributed by atoms with Crippen LogP contribution >= 0.6 is 21.6 Å². The highest BCUT2D eigenvalue weighted by Gasteiger charge is 2.34. The van der Waals surface area contributed by atoms with E-state index >= 15 is 0 Å². The number of imidazole rings is 1. The monoisotopic (exact) mass is 1080 g/mol. The van der Waals surface area contributed by atoms with E-state index in [9.17, 15) is 38.4 Å². The number of hydrogen-bond acceptors (Lipinski definition) is 13. The molecule has 1 aliphatic rings. The molecule has 0 unspecified atom stereocenters. The van der Waals surface area contributed by atoms with Crippen molar-refractivity contribution in [1.29, 1.82) is 5.41 Å². The molecule has 7 atom stereocenters. The highest BCUT2D eigenvalue weighted by atomic mass is 33.1. The summed E-state index contributed by atoms with van der Waals surface area (Å²) in [6, 6.07) is 16.5. The normalized spacial score (nSPS) is 21.4. The summed E-state index contributed by atoms with van der Waals surface area (Å²) < 4.78 is 0. The predicted molar refractivity (Wildman–Crippen MR) is 290 cm³/mol. The molecule has 0 saturated carbocycles. The van der Waals surface area contributed by atoms with Crippen LogP contribution in [0.2, 0.25) is 0 Å². The lowest BCUT2D eigenvalue weighted by atomic mass is 10.0. The molecule has 5 aromatic rings. The Bertz CT molecular complexity index is 2770. The molecule has 1 fully saturated rings. The molecule has 17 N–H and O–H groups in total. The second-order valence-electron chi connectivity index (χ2n) is 18.1. The van der Waals surface area contributed by atoms with Crippen LogP contribution in [-0.2, 0) is 64.0 Å². The molecule has 0 aliphatic carbocycles. The Hall–Kier alpha value is -7.90. The van der Waals surface area contributed by atoms with Crippen molar-refractivity contribution in [1.82, 2.24) is 57.5 Å². The molecule has 76 heavy (non-hydrogen) atoms. The van der Waals surface area contributed by atoms with Crippen LogP contribution in [0.3, 0.4) is 0 Å². The molecule has 8 amide bonds. The lowest BCUT2D eigenvalue weighted by molar-refractivity contribution is -0.135. The van der Waals surface area contributed by atoms with E-state index in [1.807, 2.05) is 42.5 Å². The van der Waals surface area contributed by atoms with Crippen molar-refractivity contribution in [3.63, 3.8) is 0 Å². The summed E-state index contributed by atoms with van der Waals surface area (Å²) >= 11 is 0. The molecule has 3 aromatic carbocycles. The summed E-state index contributed by atoms with van der Waals surface area (Å²) in [5.41, 5.74) is 20.9. The maximum atomic E-state index is 14.7. The zero-order chi connectivity index (χ0) is 54.4. The molecule has 6 rings (SSSR count). The second-order valence-corrected chi connectivity index (χ2v) is 20.6. The van der Waals surface area contributed by atoms with Crippen LogP contribution in [0.25, 0.3) is 10.9 Å². The number of H-pyrrole nitrogens is 2. The van der Waals surface area contributed by atoms with Crippen molar-refractivity contribution in [2.75, 3.05) is 24.6 Å². The number of fused-ring (bicyclic) bond motifs is 1. The second kappa shape index (κ2) is 29.3. The molecule has 3 heterocycles. The van der Waals surface area contributed by atoms with Gasteiger partial charge in [-0.3, -0.25) is 43.8 Å². The van der Waals surface area contributed by atoms with Gasteiger partial charge in [0, 0.05) is 73.6 Å². The van der Waals surface area contributed by atoms with Crippen molar-refractivity contribution < 1.29 is 38.4 Å². The maximum absolute atomic E-state index is 14.7. The fraction of sp³-hybridized carbons (Fsp3) is 0.373. The van der Waals surface area contributed by atoms with Crippen LogP contribution in [0, 0.1) is 5.41 Å². The van der Waals surface area contributed by atoms with E-state index in [0.29, 0.717) is 16.8 Å². The number of aromatic amines is 2. The van der Waals surface area contributed by atoms with E-state index in [2.05, 4.69) is 57.5 Å². The smallest absolute Gasteiger partial charge is 0.244 e. The Kier molecular flexibility index (Phi) is 22.1. The number of primary amides is 1. The summed E-state index contributed by atoms with van der Waals surface area (Å²) in [4.78, 5) is 122. The number of carbonyl (C=O) groups is 8. The predicted octanol–water partition coefficient (Wildman–Crippen LogP) is -0.562. The van der Waals surface area contributed by atoms with E-state index in [1.165, 1.54) is 12.5 Å². The third-order valence-electron chi connectivity index (χ3n) is 12.2. The Morgan fingerprint density at radius 1 is 0.711 bits per heavy atom. The van der Waals surface area contributed by atoms with Crippen LogP contribution < -0.4 is 59.7 Å². The van der Waals surface area contributed by atoms with E-state index in [4.69, 9.17) is 22.6 Å². The summed E-state index contributed by atoms with van der Waals surface area (Å²) in [7, 11) is 2.19. The van der Waals surface area contributed by atoms with Gasteiger partial charge >= 0.3 is 0 Å². The number of amides is 8. The summed E-state index contributed by atoms with van der Waals surface area (Å²) in [5, 5.41) is 30.5. The Labute approximate surface area is 446 Å². The molecule has 0 radical (unpaired) electrons. The number of hydrogen-bond donors (Lipinski definition) is 14. The SMILES string of the molecule is N=C(N)NCCC[C@@H]1NC(=O)[C@@H](Cc2ccccc2)NC(=O)[C@H](Cc2c[nH]cn2)NC(=O)[C@@H](NC(=O)[C@@H](N)Cc2ccccc2)CSSC[C@@H](C(N)=O)NC(=O)CCCNC(=O)[C@H](Cc2c[nH]c3ccccc23)NC1=O. The van der Waals surface area contributed by atoms with Gasteiger partial charge in [0.05, 0.1) is 18.1 Å². The highest BCUT2D eigenvalue weighted by Crippen LogP contribution is 2.24. The number of rotatable bonds is 15. The van der Waals surface area contributed by atoms with E-state index in [-0.39, 0.29) is 81.9 Å². The van der Waals surface area contributed by atoms with E-state index in [0.717, 1.165) is 38.1 Å². The molecule has 1 saturated heterocycles. The van der Waals surface area contributed by atoms with Gasteiger partial charge in [0.1, 0.15) is 36.3 Å². The van der Waals surface area contributed by atoms with Crippen molar-refractivity contribution in [2.45, 2.75) is 93.7 Å². The first-order valence-corrected chi connectivity index (χ1v) is 27.2. The number of carbonyl (C=O) groups excluding carboxylic acids is 8. The standard InChI is InChI=1S/C51H65N15O8S2/c52-35(21-30-11-3-1-4-12-30)45(69)66-42-28-76-75-27-41(44(53)68)61-43(67)18-10-19-57-46(70)39(23-32-25-59-36-16-8-7-15-34(32)36)64-47(71)37(17-9-20-58-51(54)55)62-48(72)38(22-31-13-5-2-6-14-31)63-49(73)40(65-50(42)74)24-33-26-56-29-60-33/h1-8,11-16,25-26,29,35,37-42,59H,9-10,17-24,27-28,52H2,(H2,53,68)(H,56,60)(H,57,70)(H,61,67)(H,62,72)(H,63,73)(H,64,71)(H,65,74)(H,66,69)(H4,54,55,58)/t35-,37-,38+,39-,40-,41-,42-/m0/s1. The van der Waals surface area contributed by atoms with Gasteiger partial charge in [0.2, 0.25) is 47.3 Å². The lowest BCUT2D eigenvalue weighted by Gasteiger charge is -2.27. The van der Waals surface area contributed by atoms with E-state index in [1.54, 1.807) is 48.7 Å². The first-order chi connectivity index (χ1) is 36.6. The molecule has 25 heteroatoms. The lowest BCUT2D eigenvalue weighted by Crippen LogP contribution is -2.60. The average Bonchev–Trinajstić information content (AvgIpc) is 4.08. The zero-order valence-corrected chi connectivity index (χ0v) is 43.2. The van der Waals surface area contributed by atoms with Gasteiger partial charge in [-0.05, 0) is 48.4 Å². The first kappa shape index (κ1) is 57.4. The minimum absolute atomic E-state index is 0.00140. The third kappa shape index (κ3) is 18.2. The quantitative estimate of drug-likeness (QED) is 0.0271. The van der Waals surface area contributed by atoms with Crippen molar-refractivity contribution >= 4 is 85.7 Å². The molecule has 0 bridgehead atoms. The molecule has 0 spiro atoms. The molecular weight excluding hydrogens is 1010 g/mol. The van der Waals surface area contributed by atoms with Crippen molar-refractivity contribution in [2.24, 2.45) is 17.2 Å². The molecular formula is C51H65N15O8S2. The fourth-order valence-electron chi connectivity index (χ4n) is 8.20. The third-order valence-corrected chi connectivity index (χ3v) is 14.7. The van der Waals surface area contributed by atoms with Crippen LogP contribution in [0.15, 0.2) is 104 Å². The Morgan fingerprint density at radius 3 is 2.01 bits per heavy atom. The minimum Gasteiger partial charge on any atom is -0.370 e. The molecule has 1 aliphatic heterocycles.